The monoisotopic (exact) mass is 220 g/mol. The topological polar surface area (TPSA) is 38.4 Å². The lowest BCUT2D eigenvalue weighted by Gasteiger charge is -2.02. The minimum atomic E-state index is -1.55. The van der Waals surface area contributed by atoms with Crippen molar-refractivity contribution in [1.82, 2.24) is 0 Å². The molecule has 0 radical (unpaired) electrons. The average Bonchev–Trinajstić information content (AvgIpc) is 2.21. The molecule has 0 unspecified atom stereocenters. The molecule has 0 fully saturated rings. The van der Waals surface area contributed by atoms with Gasteiger partial charge in [-0.1, -0.05) is 6.92 Å². The van der Waals surface area contributed by atoms with Crippen molar-refractivity contribution in [3.05, 3.63) is 29.3 Å². The molecule has 0 heterocycles. The summed E-state index contributed by atoms with van der Waals surface area (Å²) < 4.78 is 51.4. The van der Waals surface area contributed by atoms with E-state index in [-0.39, 0.29) is 18.3 Å². The molecule has 2 nitrogen and oxygen atoms in total. The van der Waals surface area contributed by atoms with Crippen LogP contribution in [0.4, 0.5) is 23.2 Å². The van der Waals surface area contributed by atoms with Crippen molar-refractivity contribution < 1.29 is 17.6 Å². The molecule has 82 valence electrons. The number of halogens is 4. The maximum absolute atomic E-state index is 13.0. The molecule has 0 spiro atoms. The number of nitrogens with zero attached hydrogens (tertiary/aromatic N) is 1. The van der Waals surface area contributed by atoms with Crippen LogP contribution in [0.2, 0.25) is 0 Å². The number of amidine groups is 1. The molecule has 2 N–H and O–H groups in total. The maximum atomic E-state index is 13.0. The van der Waals surface area contributed by atoms with Crippen LogP contribution in [-0.2, 0) is 0 Å². The average molecular weight is 220 g/mol. The largest absolute Gasteiger partial charge is 0.387 e. The summed E-state index contributed by atoms with van der Waals surface area (Å²) in [5.41, 5.74) is 4.18. The van der Waals surface area contributed by atoms with Crippen LogP contribution in [0.5, 0.6) is 0 Å². The van der Waals surface area contributed by atoms with Gasteiger partial charge in [-0.3, -0.25) is 0 Å². The molecule has 1 aromatic carbocycles. The highest BCUT2D eigenvalue weighted by atomic mass is 19.2. The first-order valence-electron chi connectivity index (χ1n) is 4.13. The van der Waals surface area contributed by atoms with E-state index < -0.39 is 29.0 Å². The zero-order valence-electron chi connectivity index (χ0n) is 7.82. The van der Waals surface area contributed by atoms with E-state index in [1.54, 1.807) is 6.92 Å². The Bertz CT molecular complexity index is 389. The molecular formula is C9H8F4N2. The van der Waals surface area contributed by atoms with Crippen LogP contribution in [-0.4, -0.2) is 5.84 Å². The molecule has 0 saturated carbocycles. The van der Waals surface area contributed by atoms with Gasteiger partial charge in [0.1, 0.15) is 5.69 Å². The summed E-state index contributed by atoms with van der Waals surface area (Å²) in [6.45, 7) is 1.59. The van der Waals surface area contributed by atoms with Gasteiger partial charge in [-0.05, 0) is 0 Å². The number of hydrogen-bond acceptors (Lipinski definition) is 1. The zero-order chi connectivity index (χ0) is 11.6. The zero-order valence-corrected chi connectivity index (χ0v) is 7.82. The summed E-state index contributed by atoms with van der Waals surface area (Å²) in [6.07, 6.45) is 0.219. The molecule has 0 atom stereocenters. The molecule has 1 rings (SSSR count). The Morgan fingerprint density at radius 1 is 1.20 bits per heavy atom. The highest BCUT2D eigenvalue weighted by Gasteiger charge is 2.18. The molecule has 1 aromatic rings. The number of benzene rings is 1. The van der Waals surface area contributed by atoms with Crippen molar-refractivity contribution in [2.75, 3.05) is 0 Å². The van der Waals surface area contributed by atoms with Gasteiger partial charge in [0.25, 0.3) is 0 Å². The van der Waals surface area contributed by atoms with E-state index in [2.05, 4.69) is 4.99 Å². The van der Waals surface area contributed by atoms with Gasteiger partial charge in [-0.15, -0.1) is 0 Å². The van der Waals surface area contributed by atoms with Crippen molar-refractivity contribution in [2.45, 2.75) is 13.3 Å². The molecule has 0 amide bonds. The number of hydrogen-bond donors (Lipinski definition) is 1. The van der Waals surface area contributed by atoms with E-state index in [0.29, 0.717) is 0 Å². The molecule has 6 heteroatoms. The van der Waals surface area contributed by atoms with Crippen LogP contribution in [0.25, 0.3) is 0 Å². The van der Waals surface area contributed by atoms with Crippen molar-refractivity contribution in [1.29, 1.82) is 0 Å². The Morgan fingerprint density at radius 2 is 1.67 bits per heavy atom. The van der Waals surface area contributed by atoms with Crippen molar-refractivity contribution in [3.8, 4) is 0 Å². The first-order chi connectivity index (χ1) is 6.97. The summed E-state index contributed by atoms with van der Waals surface area (Å²) in [5.74, 6) is -6.22. The smallest absolute Gasteiger partial charge is 0.187 e. The van der Waals surface area contributed by atoms with Gasteiger partial charge in [0.05, 0.1) is 5.84 Å². The van der Waals surface area contributed by atoms with Gasteiger partial charge in [0, 0.05) is 12.5 Å². The second-order valence-electron chi connectivity index (χ2n) is 2.77. The minimum Gasteiger partial charge on any atom is -0.387 e. The van der Waals surface area contributed by atoms with Crippen LogP contribution < -0.4 is 5.73 Å². The fraction of sp³-hybridized carbons (Fsp3) is 0.222. The van der Waals surface area contributed by atoms with Crippen LogP contribution >= 0.6 is 0 Å². The lowest BCUT2D eigenvalue weighted by molar-refractivity contribution is 0.457. The fourth-order valence-corrected chi connectivity index (χ4v) is 0.881. The van der Waals surface area contributed by atoms with Gasteiger partial charge in [0.15, 0.2) is 23.3 Å². The Balaban J connectivity index is 3.40. The Kier molecular flexibility index (Phi) is 3.28. The first-order valence-corrected chi connectivity index (χ1v) is 4.13. The number of rotatable bonds is 2. The summed E-state index contributed by atoms with van der Waals surface area (Å²) in [4.78, 5) is 3.26. The summed E-state index contributed by atoms with van der Waals surface area (Å²) >= 11 is 0. The second kappa shape index (κ2) is 4.29. The molecule has 0 bridgehead atoms. The molecule has 0 aliphatic heterocycles. The normalized spacial score (nSPS) is 11.9. The fourth-order valence-electron chi connectivity index (χ4n) is 0.881. The Labute approximate surface area is 83.4 Å². The molecule has 0 aliphatic rings. The highest BCUT2D eigenvalue weighted by molar-refractivity contribution is 5.82. The predicted molar refractivity (Wildman–Crippen MR) is 47.8 cm³/mol. The summed E-state index contributed by atoms with van der Waals surface area (Å²) in [7, 11) is 0. The van der Waals surface area contributed by atoms with Crippen LogP contribution in [0.1, 0.15) is 13.3 Å². The standard InChI is InChI=1S/C9H8F4N2/c1-2-6(14)15-9-7(12)4(10)3-5(11)8(9)13/h3H,2H2,1H3,(H2,14,15). The SMILES string of the molecule is CCC(N)=Nc1c(F)c(F)cc(F)c1F. The van der Waals surface area contributed by atoms with E-state index in [9.17, 15) is 17.6 Å². The van der Waals surface area contributed by atoms with Crippen molar-refractivity contribution in [3.63, 3.8) is 0 Å². The molecule has 0 aromatic heterocycles. The first kappa shape index (κ1) is 11.5. The van der Waals surface area contributed by atoms with Crippen LogP contribution in [0.3, 0.4) is 0 Å². The third kappa shape index (κ3) is 2.26. The van der Waals surface area contributed by atoms with Gasteiger partial charge in [-0.25, -0.2) is 22.6 Å². The van der Waals surface area contributed by atoms with E-state index in [1.165, 1.54) is 0 Å². The quantitative estimate of drug-likeness (QED) is 0.354. The maximum Gasteiger partial charge on any atom is 0.187 e. The van der Waals surface area contributed by atoms with Gasteiger partial charge < -0.3 is 5.73 Å². The highest BCUT2D eigenvalue weighted by Crippen LogP contribution is 2.26. The van der Waals surface area contributed by atoms with Gasteiger partial charge in [0.2, 0.25) is 0 Å². The molecular weight excluding hydrogens is 212 g/mol. The van der Waals surface area contributed by atoms with Crippen molar-refractivity contribution >= 4 is 11.5 Å². The van der Waals surface area contributed by atoms with Gasteiger partial charge >= 0.3 is 0 Å². The van der Waals surface area contributed by atoms with Crippen LogP contribution in [0.15, 0.2) is 11.1 Å². The van der Waals surface area contributed by atoms with E-state index in [1.807, 2.05) is 0 Å². The Hall–Kier alpha value is -1.59. The van der Waals surface area contributed by atoms with E-state index in [0.717, 1.165) is 0 Å². The predicted octanol–water partition coefficient (Wildman–Crippen LogP) is 2.64. The number of aliphatic imine (C=N–C) groups is 1. The lowest BCUT2D eigenvalue weighted by atomic mass is 10.2. The summed E-state index contributed by atoms with van der Waals surface area (Å²) in [6, 6.07) is 0.117. The van der Waals surface area contributed by atoms with Crippen molar-refractivity contribution in [2.24, 2.45) is 10.7 Å². The van der Waals surface area contributed by atoms with E-state index in [4.69, 9.17) is 5.73 Å². The summed E-state index contributed by atoms with van der Waals surface area (Å²) in [5, 5.41) is 0. The Morgan fingerprint density at radius 3 is 2.07 bits per heavy atom. The van der Waals surface area contributed by atoms with Crippen LogP contribution in [0, 0.1) is 23.3 Å². The third-order valence-corrected chi connectivity index (χ3v) is 1.71. The molecule has 15 heavy (non-hydrogen) atoms. The lowest BCUT2D eigenvalue weighted by Crippen LogP contribution is -2.09. The third-order valence-electron chi connectivity index (χ3n) is 1.71. The number of nitrogens with two attached hydrogens (primary N) is 1. The molecule has 0 aliphatic carbocycles. The molecule has 0 saturated heterocycles. The second-order valence-corrected chi connectivity index (χ2v) is 2.77. The van der Waals surface area contributed by atoms with Gasteiger partial charge in [-0.2, -0.15) is 0 Å². The minimum absolute atomic E-state index is 0.113. The van der Waals surface area contributed by atoms with E-state index >= 15 is 0 Å².